The minimum absolute atomic E-state index is 0.0933. The highest BCUT2D eigenvalue weighted by Crippen LogP contribution is 2.30. The molecule has 0 saturated carbocycles. The van der Waals surface area contributed by atoms with Crippen molar-refractivity contribution < 1.29 is 19.0 Å². The van der Waals surface area contributed by atoms with E-state index < -0.39 is 0 Å². The summed E-state index contributed by atoms with van der Waals surface area (Å²) in [5.74, 6) is 1.66. The van der Waals surface area contributed by atoms with Gasteiger partial charge in [0.25, 0.3) is 5.91 Å². The van der Waals surface area contributed by atoms with Crippen LogP contribution in [0.3, 0.4) is 0 Å². The minimum atomic E-state index is -0.222. The van der Waals surface area contributed by atoms with Crippen molar-refractivity contribution >= 4 is 11.6 Å². The summed E-state index contributed by atoms with van der Waals surface area (Å²) < 4.78 is 17.3. The average molecular weight is 421 g/mol. The molecule has 2 aromatic carbocycles. The maximum atomic E-state index is 12.8. The Balaban J connectivity index is 1.73. The van der Waals surface area contributed by atoms with Crippen molar-refractivity contribution in [2.24, 2.45) is 0 Å². The Hall–Kier alpha value is -3.54. The zero-order chi connectivity index (χ0) is 22.2. The number of hydrogen-bond donors (Lipinski definition) is 1. The monoisotopic (exact) mass is 420 g/mol. The van der Waals surface area contributed by atoms with Gasteiger partial charge in [-0.1, -0.05) is 6.07 Å². The van der Waals surface area contributed by atoms with Crippen LogP contribution in [0.5, 0.6) is 17.2 Å². The SMILES string of the molecule is CCOc1cc(C(=O)Nc2ccc(OC(C)C)cc2C)ccc1OCc1cccnc1. The molecule has 0 aliphatic rings. The second-order valence-electron chi connectivity index (χ2n) is 7.34. The number of hydrogen-bond acceptors (Lipinski definition) is 5. The second-order valence-corrected chi connectivity index (χ2v) is 7.34. The van der Waals surface area contributed by atoms with Gasteiger partial charge >= 0.3 is 0 Å². The number of benzene rings is 2. The molecule has 0 aliphatic heterocycles. The van der Waals surface area contributed by atoms with Gasteiger partial charge in [-0.2, -0.15) is 0 Å². The van der Waals surface area contributed by atoms with Crippen LogP contribution in [-0.4, -0.2) is 23.6 Å². The van der Waals surface area contributed by atoms with Crippen LogP contribution >= 0.6 is 0 Å². The van der Waals surface area contributed by atoms with E-state index in [9.17, 15) is 4.79 Å². The number of nitrogens with one attached hydrogen (secondary N) is 1. The summed E-state index contributed by atoms with van der Waals surface area (Å²) in [6, 6.07) is 14.6. The van der Waals surface area contributed by atoms with Crippen molar-refractivity contribution in [2.75, 3.05) is 11.9 Å². The van der Waals surface area contributed by atoms with E-state index in [-0.39, 0.29) is 12.0 Å². The molecule has 0 radical (unpaired) electrons. The van der Waals surface area contributed by atoms with Crippen molar-refractivity contribution in [3.05, 3.63) is 77.6 Å². The molecule has 0 atom stereocenters. The first-order valence-corrected chi connectivity index (χ1v) is 10.3. The first kappa shape index (κ1) is 22.2. The van der Waals surface area contributed by atoms with Crippen molar-refractivity contribution in [3.8, 4) is 17.2 Å². The molecule has 0 spiro atoms. The van der Waals surface area contributed by atoms with Gasteiger partial charge in [-0.05, 0) is 75.7 Å². The first-order chi connectivity index (χ1) is 15.0. The molecular formula is C25H28N2O4. The normalized spacial score (nSPS) is 10.6. The van der Waals surface area contributed by atoms with Crippen LogP contribution in [0.4, 0.5) is 5.69 Å². The minimum Gasteiger partial charge on any atom is -0.491 e. The van der Waals surface area contributed by atoms with Crippen LogP contribution in [0.1, 0.15) is 42.3 Å². The quantitative estimate of drug-likeness (QED) is 0.501. The predicted octanol–water partition coefficient (Wildman–Crippen LogP) is 5.41. The van der Waals surface area contributed by atoms with Gasteiger partial charge in [-0.15, -0.1) is 0 Å². The molecule has 1 N–H and O–H groups in total. The maximum Gasteiger partial charge on any atom is 0.255 e. The molecule has 0 bridgehead atoms. The Morgan fingerprint density at radius 2 is 1.90 bits per heavy atom. The van der Waals surface area contributed by atoms with Crippen molar-refractivity contribution in [1.29, 1.82) is 0 Å². The molecule has 1 aromatic heterocycles. The van der Waals surface area contributed by atoms with Crippen LogP contribution < -0.4 is 19.5 Å². The molecule has 0 saturated heterocycles. The molecule has 0 unspecified atom stereocenters. The third-order valence-electron chi connectivity index (χ3n) is 4.44. The topological polar surface area (TPSA) is 69.7 Å². The van der Waals surface area contributed by atoms with Gasteiger partial charge in [0, 0.05) is 29.2 Å². The summed E-state index contributed by atoms with van der Waals surface area (Å²) in [5, 5.41) is 2.95. The highest BCUT2D eigenvalue weighted by atomic mass is 16.5. The molecule has 6 nitrogen and oxygen atoms in total. The van der Waals surface area contributed by atoms with E-state index in [1.54, 1.807) is 30.6 Å². The van der Waals surface area contributed by atoms with E-state index in [2.05, 4.69) is 10.3 Å². The Labute approximate surface area is 183 Å². The van der Waals surface area contributed by atoms with E-state index in [1.807, 2.05) is 58.0 Å². The van der Waals surface area contributed by atoms with E-state index in [4.69, 9.17) is 14.2 Å². The lowest BCUT2D eigenvalue weighted by molar-refractivity contribution is 0.102. The van der Waals surface area contributed by atoms with Gasteiger partial charge in [-0.25, -0.2) is 0 Å². The summed E-state index contributed by atoms with van der Waals surface area (Å²) in [4.78, 5) is 16.9. The van der Waals surface area contributed by atoms with Gasteiger partial charge in [-0.3, -0.25) is 9.78 Å². The molecule has 6 heteroatoms. The Morgan fingerprint density at radius 1 is 1.06 bits per heavy atom. The highest BCUT2D eigenvalue weighted by Gasteiger charge is 2.13. The number of anilines is 1. The second kappa shape index (κ2) is 10.5. The molecule has 31 heavy (non-hydrogen) atoms. The Morgan fingerprint density at radius 3 is 2.58 bits per heavy atom. The number of nitrogens with zero attached hydrogens (tertiary/aromatic N) is 1. The van der Waals surface area contributed by atoms with E-state index in [1.165, 1.54) is 0 Å². The van der Waals surface area contributed by atoms with Gasteiger partial charge in [0.1, 0.15) is 12.4 Å². The van der Waals surface area contributed by atoms with Gasteiger partial charge in [0.15, 0.2) is 11.5 Å². The number of carbonyl (C=O) groups is 1. The lowest BCUT2D eigenvalue weighted by atomic mass is 10.1. The number of ether oxygens (including phenoxy) is 3. The number of amides is 1. The molecule has 1 amide bonds. The third kappa shape index (κ3) is 6.22. The standard InChI is InChI=1S/C25H28N2O4/c1-5-29-24-14-20(8-11-23(24)30-16-19-7-6-12-26-15-19)25(28)27-22-10-9-21(13-18(22)4)31-17(2)3/h6-15,17H,5,16H2,1-4H3,(H,27,28). The number of aromatic nitrogens is 1. The largest absolute Gasteiger partial charge is 0.491 e. The van der Waals surface area contributed by atoms with E-state index >= 15 is 0 Å². The Kier molecular flexibility index (Phi) is 7.49. The average Bonchev–Trinajstić information content (AvgIpc) is 2.75. The van der Waals surface area contributed by atoms with Crippen LogP contribution in [0.2, 0.25) is 0 Å². The summed E-state index contributed by atoms with van der Waals surface area (Å²) in [6.45, 7) is 8.61. The number of aryl methyl sites for hydroxylation is 1. The molecular weight excluding hydrogens is 392 g/mol. The third-order valence-corrected chi connectivity index (χ3v) is 4.44. The molecule has 0 aliphatic carbocycles. The fourth-order valence-electron chi connectivity index (χ4n) is 3.00. The zero-order valence-corrected chi connectivity index (χ0v) is 18.3. The predicted molar refractivity (Wildman–Crippen MR) is 121 cm³/mol. The number of carbonyl (C=O) groups excluding carboxylic acids is 1. The number of rotatable bonds is 9. The van der Waals surface area contributed by atoms with Crippen LogP contribution in [0.15, 0.2) is 60.9 Å². The maximum absolute atomic E-state index is 12.8. The van der Waals surface area contributed by atoms with E-state index in [0.717, 1.165) is 22.6 Å². The Bertz CT molecular complexity index is 1020. The summed E-state index contributed by atoms with van der Waals surface area (Å²) in [7, 11) is 0. The fraction of sp³-hybridized carbons (Fsp3) is 0.280. The van der Waals surface area contributed by atoms with Crippen LogP contribution in [0.25, 0.3) is 0 Å². The van der Waals surface area contributed by atoms with Crippen molar-refractivity contribution in [3.63, 3.8) is 0 Å². The molecule has 3 rings (SSSR count). The smallest absolute Gasteiger partial charge is 0.255 e. The highest BCUT2D eigenvalue weighted by molar-refractivity contribution is 6.05. The molecule has 0 fully saturated rings. The van der Waals surface area contributed by atoms with Gasteiger partial charge < -0.3 is 19.5 Å². The van der Waals surface area contributed by atoms with Crippen molar-refractivity contribution in [2.45, 2.75) is 40.4 Å². The molecule has 3 aromatic rings. The van der Waals surface area contributed by atoms with Crippen LogP contribution in [0, 0.1) is 6.92 Å². The van der Waals surface area contributed by atoms with Gasteiger partial charge in [0.2, 0.25) is 0 Å². The summed E-state index contributed by atoms with van der Waals surface area (Å²) in [5.41, 5.74) is 3.09. The van der Waals surface area contributed by atoms with Crippen LogP contribution in [-0.2, 0) is 6.61 Å². The lowest BCUT2D eigenvalue weighted by Gasteiger charge is -2.15. The first-order valence-electron chi connectivity index (χ1n) is 10.3. The summed E-state index contributed by atoms with van der Waals surface area (Å²) >= 11 is 0. The summed E-state index contributed by atoms with van der Waals surface area (Å²) in [6.07, 6.45) is 3.56. The van der Waals surface area contributed by atoms with Gasteiger partial charge in [0.05, 0.1) is 12.7 Å². The van der Waals surface area contributed by atoms with Crippen molar-refractivity contribution in [1.82, 2.24) is 4.98 Å². The number of pyridine rings is 1. The fourth-order valence-corrected chi connectivity index (χ4v) is 3.00. The van der Waals surface area contributed by atoms with E-state index in [0.29, 0.717) is 30.3 Å². The zero-order valence-electron chi connectivity index (χ0n) is 18.3. The lowest BCUT2D eigenvalue weighted by Crippen LogP contribution is -2.13. The molecule has 1 heterocycles. The molecule has 162 valence electrons.